The second kappa shape index (κ2) is 6.25. The first kappa shape index (κ1) is 14.7. The number of amides is 2. The molecule has 7 nitrogen and oxygen atoms in total. The summed E-state index contributed by atoms with van der Waals surface area (Å²) in [5, 5.41) is 7.68. The summed E-state index contributed by atoms with van der Waals surface area (Å²) in [7, 11) is 0. The van der Waals surface area contributed by atoms with Gasteiger partial charge in [0.2, 0.25) is 9.47 Å². The molecule has 2 amide bonds. The molecule has 2 aliphatic heterocycles. The third-order valence-electron chi connectivity index (χ3n) is 3.67. The molecule has 0 radical (unpaired) electrons. The van der Waals surface area contributed by atoms with Gasteiger partial charge in [-0.3, -0.25) is 9.59 Å². The highest BCUT2D eigenvalue weighted by molar-refractivity contribution is 7.17. The number of aromatic nitrogens is 2. The molecule has 2 aliphatic rings. The van der Waals surface area contributed by atoms with Crippen molar-refractivity contribution in [2.24, 2.45) is 0 Å². The topological polar surface area (TPSA) is 75.6 Å². The SMILES string of the molecule is O=C(c1nnc(Cl)s1)N1CCN(C(=O)C2CCCO2)CC1. The third-order valence-corrected chi connectivity index (χ3v) is 4.67. The molecule has 9 heteroatoms. The van der Waals surface area contributed by atoms with Crippen LogP contribution in [0.4, 0.5) is 0 Å². The fraction of sp³-hybridized carbons (Fsp3) is 0.667. The molecule has 1 aromatic rings. The Hall–Kier alpha value is -1.25. The fourth-order valence-corrected chi connectivity index (χ4v) is 3.33. The van der Waals surface area contributed by atoms with Gasteiger partial charge >= 0.3 is 0 Å². The predicted octanol–water partition coefficient (Wildman–Crippen LogP) is 0.655. The van der Waals surface area contributed by atoms with Gasteiger partial charge in [-0.25, -0.2) is 0 Å². The molecule has 0 saturated carbocycles. The van der Waals surface area contributed by atoms with Gasteiger partial charge in [0.25, 0.3) is 11.8 Å². The number of halogens is 1. The first-order valence-electron chi connectivity index (χ1n) is 6.84. The predicted molar refractivity (Wildman–Crippen MR) is 76.4 cm³/mol. The van der Waals surface area contributed by atoms with Crippen LogP contribution in [0.3, 0.4) is 0 Å². The van der Waals surface area contributed by atoms with E-state index >= 15 is 0 Å². The van der Waals surface area contributed by atoms with Crippen LogP contribution in [0.15, 0.2) is 0 Å². The lowest BCUT2D eigenvalue weighted by atomic mass is 10.2. The van der Waals surface area contributed by atoms with E-state index in [9.17, 15) is 9.59 Å². The number of piperazine rings is 1. The van der Waals surface area contributed by atoms with E-state index < -0.39 is 0 Å². The minimum absolute atomic E-state index is 0.0403. The van der Waals surface area contributed by atoms with Crippen molar-refractivity contribution < 1.29 is 14.3 Å². The van der Waals surface area contributed by atoms with Crippen molar-refractivity contribution in [1.82, 2.24) is 20.0 Å². The van der Waals surface area contributed by atoms with Crippen molar-refractivity contribution >= 4 is 34.8 Å². The Labute approximate surface area is 130 Å². The van der Waals surface area contributed by atoms with Crippen LogP contribution in [0.1, 0.15) is 22.6 Å². The van der Waals surface area contributed by atoms with E-state index in [0.717, 1.165) is 24.2 Å². The number of rotatable bonds is 2. The number of hydrogen-bond donors (Lipinski definition) is 0. The molecule has 1 unspecified atom stereocenters. The van der Waals surface area contributed by atoms with Crippen LogP contribution < -0.4 is 0 Å². The fourth-order valence-electron chi connectivity index (χ4n) is 2.53. The highest BCUT2D eigenvalue weighted by atomic mass is 35.5. The monoisotopic (exact) mass is 330 g/mol. The molecule has 0 spiro atoms. The van der Waals surface area contributed by atoms with E-state index in [2.05, 4.69) is 10.2 Å². The van der Waals surface area contributed by atoms with Crippen LogP contribution >= 0.6 is 22.9 Å². The summed E-state index contributed by atoms with van der Waals surface area (Å²) in [4.78, 5) is 27.9. The average Bonchev–Trinajstić information content (AvgIpc) is 3.17. The van der Waals surface area contributed by atoms with Crippen molar-refractivity contribution in [3.63, 3.8) is 0 Å². The minimum atomic E-state index is -0.297. The van der Waals surface area contributed by atoms with Crippen molar-refractivity contribution in [3.8, 4) is 0 Å². The van der Waals surface area contributed by atoms with Gasteiger partial charge in [0, 0.05) is 32.8 Å². The van der Waals surface area contributed by atoms with Gasteiger partial charge in [0.1, 0.15) is 6.10 Å². The summed E-state index contributed by atoms with van der Waals surface area (Å²) in [5.41, 5.74) is 0. The summed E-state index contributed by atoms with van der Waals surface area (Å²) < 4.78 is 5.67. The summed E-state index contributed by atoms with van der Waals surface area (Å²) in [6, 6.07) is 0. The molecule has 21 heavy (non-hydrogen) atoms. The molecule has 0 bridgehead atoms. The largest absolute Gasteiger partial charge is 0.368 e. The van der Waals surface area contributed by atoms with E-state index in [1.54, 1.807) is 9.80 Å². The van der Waals surface area contributed by atoms with Crippen molar-refractivity contribution in [2.75, 3.05) is 32.8 Å². The summed E-state index contributed by atoms with van der Waals surface area (Å²) >= 11 is 6.76. The summed E-state index contributed by atoms with van der Waals surface area (Å²) in [6.45, 7) is 2.70. The molecule has 2 saturated heterocycles. The number of nitrogens with zero attached hydrogens (tertiary/aromatic N) is 4. The maximum absolute atomic E-state index is 12.2. The molecule has 1 atom stereocenters. The zero-order valence-corrected chi connectivity index (χ0v) is 12.9. The lowest BCUT2D eigenvalue weighted by Crippen LogP contribution is -2.52. The lowest BCUT2D eigenvalue weighted by Gasteiger charge is -2.35. The lowest BCUT2D eigenvalue weighted by molar-refractivity contribution is -0.142. The molecule has 2 fully saturated rings. The number of hydrogen-bond acceptors (Lipinski definition) is 6. The maximum Gasteiger partial charge on any atom is 0.285 e. The summed E-state index contributed by atoms with van der Waals surface area (Å²) in [5.74, 6) is -0.137. The minimum Gasteiger partial charge on any atom is -0.368 e. The van der Waals surface area contributed by atoms with Crippen molar-refractivity contribution in [3.05, 3.63) is 9.47 Å². The van der Waals surface area contributed by atoms with Crippen molar-refractivity contribution in [1.29, 1.82) is 0 Å². The van der Waals surface area contributed by atoms with E-state index in [-0.39, 0.29) is 22.4 Å². The standard InChI is InChI=1S/C12H15ClN4O3S/c13-12-15-14-9(21-12)11(19)17-5-3-16(4-6-17)10(18)8-2-1-7-20-8/h8H,1-7H2. The number of ether oxygens (including phenoxy) is 1. The molecule has 1 aromatic heterocycles. The van der Waals surface area contributed by atoms with Crippen LogP contribution in [0.25, 0.3) is 0 Å². The number of carbonyl (C=O) groups excluding carboxylic acids is 2. The van der Waals surface area contributed by atoms with E-state index in [1.807, 2.05) is 0 Å². The molecule has 0 aromatic carbocycles. The van der Waals surface area contributed by atoms with Gasteiger partial charge in [-0.05, 0) is 24.4 Å². The normalized spacial score (nSPS) is 22.6. The van der Waals surface area contributed by atoms with Gasteiger partial charge in [-0.15, -0.1) is 10.2 Å². The Bertz CT molecular complexity index is 538. The van der Waals surface area contributed by atoms with E-state index in [4.69, 9.17) is 16.3 Å². The van der Waals surface area contributed by atoms with Crippen molar-refractivity contribution in [2.45, 2.75) is 18.9 Å². The molecule has 114 valence electrons. The third kappa shape index (κ3) is 3.17. The Balaban J connectivity index is 1.55. The average molecular weight is 331 g/mol. The zero-order chi connectivity index (χ0) is 14.8. The maximum atomic E-state index is 12.2. The molecule has 0 N–H and O–H groups in total. The Morgan fingerprint density at radius 3 is 2.48 bits per heavy atom. The van der Waals surface area contributed by atoms with Gasteiger partial charge in [0.15, 0.2) is 0 Å². The van der Waals surface area contributed by atoms with Crippen LogP contribution in [-0.2, 0) is 9.53 Å². The van der Waals surface area contributed by atoms with Crippen LogP contribution in [0, 0.1) is 0 Å². The zero-order valence-electron chi connectivity index (χ0n) is 11.3. The second-order valence-electron chi connectivity index (χ2n) is 4.98. The Kier molecular flexibility index (Phi) is 4.37. The molecular formula is C12H15ClN4O3S. The van der Waals surface area contributed by atoms with Crippen LogP contribution in [-0.4, -0.2) is 70.7 Å². The summed E-state index contributed by atoms with van der Waals surface area (Å²) in [6.07, 6.45) is 1.43. The second-order valence-corrected chi connectivity index (χ2v) is 6.54. The Morgan fingerprint density at radius 1 is 1.19 bits per heavy atom. The van der Waals surface area contributed by atoms with E-state index in [0.29, 0.717) is 37.8 Å². The highest BCUT2D eigenvalue weighted by Gasteiger charge is 2.32. The van der Waals surface area contributed by atoms with Crippen LogP contribution in [0.5, 0.6) is 0 Å². The first-order chi connectivity index (χ1) is 10.1. The first-order valence-corrected chi connectivity index (χ1v) is 8.03. The highest BCUT2D eigenvalue weighted by Crippen LogP contribution is 2.19. The molecule has 3 heterocycles. The molecule has 0 aliphatic carbocycles. The number of carbonyl (C=O) groups is 2. The Morgan fingerprint density at radius 2 is 1.90 bits per heavy atom. The smallest absolute Gasteiger partial charge is 0.285 e. The van der Waals surface area contributed by atoms with Crippen LogP contribution in [0.2, 0.25) is 4.47 Å². The quantitative estimate of drug-likeness (QED) is 0.796. The van der Waals surface area contributed by atoms with Gasteiger partial charge < -0.3 is 14.5 Å². The van der Waals surface area contributed by atoms with Gasteiger partial charge in [-0.1, -0.05) is 11.3 Å². The van der Waals surface area contributed by atoms with Gasteiger partial charge in [-0.2, -0.15) is 0 Å². The molecular weight excluding hydrogens is 316 g/mol. The van der Waals surface area contributed by atoms with Gasteiger partial charge in [0.05, 0.1) is 0 Å². The van der Waals surface area contributed by atoms with E-state index in [1.165, 1.54) is 0 Å². The molecule has 3 rings (SSSR count).